The molecule has 1 aromatic heterocycles. The molecule has 0 fully saturated rings. The van der Waals surface area contributed by atoms with Crippen molar-refractivity contribution in [1.82, 2.24) is 19.6 Å². The highest BCUT2D eigenvalue weighted by Crippen LogP contribution is 2.29. The molecule has 1 aliphatic heterocycles. The number of amides is 1. The highest BCUT2D eigenvalue weighted by atomic mass is 127. The van der Waals surface area contributed by atoms with Crippen LogP contribution >= 0.6 is 22.6 Å². The number of rotatable bonds is 5. The summed E-state index contributed by atoms with van der Waals surface area (Å²) in [6.07, 6.45) is 5.82. The minimum atomic E-state index is -3.83. The molecule has 8 nitrogen and oxygen atoms in total. The molecule has 2 aromatic carbocycles. The lowest BCUT2D eigenvalue weighted by Crippen LogP contribution is -2.44. The number of nitrogens with one attached hydrogen (secondary N) is 2. The summed E-state index contributed by atoms with van der Waals surface area (Å²) in [5.74, 6) is -0.806. The van der Waals surface area contributed by atoms with E-state index in [0.717, 1.165) is 14.8 Å². The molecule has 0 bridgehead atoms. The summed E-state index contributed by atoms with van der Waals surface area (Å²) >= 11 is 2.03. The first kappa shape index (κ1) is 19.6. The minimum absolute atomic E-state index is 0.0650. The van der Waals surface area contributed by atoms with E-state index in [9.17, 15) is 13.2 Å². The van der Waals surface area contributed by atoms with Gasteiger partial charge in [0.25, 0.3) is 15.9 Å². The number of benzene rings is 2. The van der Waals surface area contributed by atoms with Crippen LogP contribution in [0.2, 0.25) is 0 Å². The molecule has 0 aliphatic carbocycles. The number of fused-ring (bicyclic) bond motifs is 1. The van der Waals surface area contributed by atoms with Crippen molar-refractivity contribution in [3.63, 3.8) is 0 Å². The van der Waals surface area contributed by atoms with E-state index in [1.807, 2.05) is 57.6 Å². The smallest absolute Gasteiger partial charge is 0.287 e. The van der Waals surface area contributed by atoms with Crippen molar-refractivity contribution < 1.29 is 13.2 Å². The monoisotopic (exact) mass is 521 g/mol. The number of para-hydroxylation sites is 1. The second-order valence-electron chi connectivity index (χ2n) is 6.28. The topological polar surface area (TPSA) is 105 Å². The fraction of sp³-hybridized carbons (Fsp3) is 0.105. The molecule has 3 aromatic rings. The number of halogens is 1. The lowest BCUT2D eigenvalue weighted by Gasteiger charge is -2.18. The lowest BCUT2D eigenvalue weighted by atomic mass is 10.1. The molecule has 0 atom stereocenters. The third-order valence-electron chi connectivity index (χ3n) is 4.34. The number of amidine groups is 1. The van der Waals surface area contributed by atoms with Crippen LogP contribution in [-0.4, -0.2) is 36.3 Å². The fourth-order valence-electron chi connectivity index (χ4n) is 2.99. The van der Waals surface area contributed by atoms with Crippen molar-refractivity contribution in [2.75, 3.05) is 6.54 Å². The Bertz CT molecular complexity index is 1210. The van der Waals surface area contributed by atoms with Gasteiger partial charge in [0.15, 0.2) is 0 Å². The molecular formula is C19H16IN5O3S. The van der Waals surface area contributed by atoms with Crippen molar-refractivity contribution in [2.45, 2.75) is 11.3 Å². The maximum atomic E-state index is 12.5. The van der Waals surface area contributed by atoms with Crippen LogP contribution in [0.1, 0.15) is 5.56 Å². The first-order chi connectivity index (χ1) is 13.9. The molecule has 2 N–H and O–H groups in total. The highest BCUT2D eigenvalue weighted by molar-refractivity contribution is 14.1. The average Bonchev–Trinajstić information content (AvgIpc) is 3.23. The number of aliphatic imine (C=N–C) groups is 1. The van der Waals surface area contributed by atoms with Crippen LogP contribution in [0.5, 0.6) is 0 Å². The molecule has 0 unspecified atom stereocenters. The molecule has 0 saturated heterocycles. The van der Waals surface area contributed by atoms with Crippen molar-refractivity contribution >= 4 is 50.0 Å². The van der Waals surface area contributed by atoms with Crippen LogP contribution in [0.3, 0.4) is 0 Å². The zero-order valence-electron chi connectivity index (χ0n) is 15.0. The molecular weight excluding hydrogens is 505 g/mol. The molecule has 1 aliphatic rings. The number of carbonyl (C=O) groups excluding carboxylic acids is 1. The van der Waals surface area contributed by atoms with E-state index in [4.69, 9.17) is 0 Å². The van der Waals surface area contributed by atoms with E-state index in [-0.39, 0.29) is 16.4 Å². The van der Waals surface area contributed by atoms with Gasteiger partial charge >= 0.3 is 0 Å². The quantitative estimate of drug-likeness (QED) is 0.502. The van der Waals surface area contributed by atoms with E-state index >= 15 is 0 Å². The molecule has 10 heteroatoms. The second kappa shape index (κ2) is 7.95. The van der Waals surface area contributed by atoms with E-state index in [2.05, 4.69) is 20.0 Å². The van der Waals surface area contributed by atoms with Crippen LogP contribution < -0.4 is 10.0 Å². The van der Waals surface area contributed by atoms with Crippen LogP contribution in [-0.2, 0) is 21.2 Å². The normalized spacial score (nSPS) is 14.4. The summed E-state index contributed by atoms with van der Waals surface area (Å²) in [5, 5.41) is 2.73. The first-order valence-electron chi connectivity index (χ1n) is 8.69. The Morgan fingerprint density at radius 2 is 2.03 bits per heavy atom. The van der Waals surface area contributed by atoms with Gasteiger partial charge in [-0.15, -0.1) is 0 Å². The van der Waals surface area contributed by atoms with Gasteiger partial charge in [-0.1, -0.05) is 18.2 Å². The molecule has 0 radical (unpaired) electrons. The van der Waals surface area contributed by atoms with E-state index in [0.29, 0.717) is 13.0 Å². The third kappa shape index (κ3) is 4.17. The summed E-state index contributed by atoms with van der Waals surface area (Å²) < 4.78 is 29.8. The van der Waals surface area contributed by atoms with Gasteiger partial charge in [-0.25, -0.2) is 18.4 Å². The average molecular weight is 521 g/mol. The van der Waals surface area contributed by atoms with Gasteiger partial charge < -0.3 is 9.88 Å². The number of imidazole rings is 1. The van der Waals surface area contributed by atoms with Gasteiger partial charge in [0, 0.05) is 28.2 Å². The predicted octanol–water partition coefficient (Wildman–Crippen LogP) is 2.16. The number of carbonyl (C=O) groups is 1. The largest absolute Gasteiger partial charge is 0.349 e. The van der Waals surface area contributed by atoms with Gasteiger partial charge in [0.1, 0.15) is 4.90 Å². The van der Waals surface area contributed by atoms with E-state index < -0.39 is 15.9 Å². The Balaban J connectivity index is 1.47. The van der Waals surface area contributed by atoms with Crippen LogP contribution in [0, 0.1) is 3.57 Å². The first-order valence-corrected chi connectivity index (χ1v) is 11.3. The van der Waals surface area contributed by atoms with Gasteiger partial charge in [0.2, 0.25) is 5.84 Å². The Kier molecular flexibility index (Phi) is 5.37. The SMILES string of the molecule is O=C(NCCc1ccccc1-n1ccnc1)C1=Nc2ccc(I)cc2S(=O)(=O)N1. The van der Waals surface area contributed by atoms with Crippen molar-refractivity contribution in [3.8, 4) is 5.69 Å². The number of nitrogens with zero attached hydrogens (tertiary/aromatic N) is 3. The minimum Gasteiger partial charge on any atom is -0.349 e. The van der Waals surface area contributed by atoms with Crippen molar-refractivity contribution in [1.29, 1.82) is 0 Å². The Morgan fingerprint density at radius 1 is 1.21 bits per heavy atom. The van der Waals surface area contributed by atoms with Gasteiger partial charge in [-0.2, -0.15) is 0 Å². The zero-order chi connectivity index (χ0) is 20.4. The summed E-state index contributed by atoms with van der Waals surface area (Å²) in [4.78, 5) is 20.8. The third-order valence-corrected chi connectivity index (χ3v) is 6.38. The highest BCUT2D eigenvalue weighted by Gasteiger charge is 2.28. The lowest BCUT2D eigenvalue weighted by molar-refractivity contribution is -0.114. The standard InChI is InChI=1S/C19H16IN5O3S/c20-14-5-6-15-17(11-14)29(27,28)24-18(23-15)19(26)22-8-7-13-3-1-2-4-16(13)25-10-9-21-12-25/h1-6,9-12H,7-8H2,(H,22,26)(H,23,24). The molecule has 29 heavy (non-hydrogen) atoms. The zero-order valence-corrected chi connectivity index (χ0v) is 18.0. The summed E-state index contributed by atoms with van der Waals surface area (Å²) in [7, 11) is -3.83. The predicted molar refractivity (Wildman–Crippen MR) is 117 cm³/mol. The molecule has 0 saturated carbocycles. The summed E-state index contributed by atoms with van der Waals surface area (Å²) in [5.41, 5.74) is 2.25. The van der Waals surface area contributed by atoms with Crippen LogP contribution in [0.4, 0.5) is 5.69 Å². The number of hydrogen-bond acceptors (Lipinski definition) is 5. The number of aromatic nitrogens is 2. The molecule has 1 amide bonds. The summed E-state index contributed by atoms with van der Waals surface area (Å²) in [6.45, 7) is 0.324. The molecule has 2 heterocycles. The number of sulfonamides is 1. The molecule has 0 spiro atoms. The van der Waals surface area contributed by atoms with E-state index in [1.165, 1.54) is 6.07 Å². The maximum absolute atomic E-state index is 12.5. The Hall–Kier alpha value is -2.73. The molecule has 4 rings (SSSR count). The fourth-order valence-corrected chi connectivity index (χ4v) is 4.86. The van der Waals surface area contributed by atoms with Gasteiger partial charge in [-0.3, -0.25) is 9.52 Å². The molecule has 148 valence electrons. The summed E-state index contributed by atoms with van der Waals surface area (Å²) in [6, 6.07) is 12.6. The van der Waals surface area contributed by atoms with E-state index in [1.54, 1.807) is 24.7 Å². The Labute approximate surface area is 181 Å². The Morgan fingerprint density at radius 3 is 2.83 bits per heavy atom. The van der Waals surface area contributed by atoms with Crippen LogP contribution in [0.25, 0.3) is 5.69 Å². The maximum Gasteiger partial charge on any atom is 0.287 e. The van der Waals surface area contributed by atoms with Gasteiger partial charge in [0.05, 0.1) is 12.0 Å². The van der Waals surface area contributed by atoms with Crippen LogP contribution in [0.15, 0.2) is 71.1 Å². The van der Waals surface area contributed by atoms with Gasteiger partial charge in [-0.05, 0) is 58.8 Å². The van der Waals surface area contributed by atoms with Crippen molar-refractivity contribution in [3.05, 3.63) is 70.3 Å². The van der Waals surface area contributed by atoms with Crippen molar-refractivity contribution in [2.24, 2.45) is 4.99 Å². The number of hydrogen-bond donors (Lipinski definition) is 2. The second-order valence-corrected chi connectivity index (χ2v) is 9.18.